The number of halogens is 2. The maximum atomic E-state index is 9.56. The van der Waals surface area contributed by atoms with Crippen molar-refractivity contribution in [3.8, 4) is 5.75 Å². The van der Waals surface area contributed by atoms with Crippen molar-refractivity contribution >= 4 is 29.3 Å². The summed E-state index contributed by atoms with van der Waals surface area (Å²) < 4.78 is 0. The van der Waals surface area contributed by atoms with Gasteiger partial charge < -0.3 is 10.4 Å². The number of likely N-dealkylation sites (N-methyl/N-ethyl adjacent to an activating group) is 1. The van der Waals surface area contributed by atoms with Crippen LogP contribution in [0.4, 0.5) is 0 Å². The molecule has 0 aliphatic heterocycles. The van der Waals surface area contributed by atoms with Gasteiger partial charge in [-0.05, 0) is 19.2 Å². The molecule has 1 aromatic carbocycles. The fourth-order valence-electron chi connectivity index (χ4n) is 1.02. The van der Waals surface area contributed by atoms with Crippen molar-refractivity contribution in [2.24, 2.45) is 0 Å². The van der Waals surface area contributed by atoms with E-state index in [9.17, 15) is 5.11 Å². The van der Waals surface area contributed by atoms with Crippen molar-refractivity contribution in [2.75, 3.05) is 13.6 Å². The Bertz CT molecular complexity index is 350. The topological polar surface area (TPSA) is 32.3 Å². The first kappa shape index (κ1) is 11.4. The van der Waals surface area contributed by atoms with Crippen LogP contribution in [-0.2, 0) is 0 Å². The molecule has 4 heteroatoms. The van der Waals surface area contributed by atoms with Gasteiger partial charge in [-0.1, -0.05) is 35.4 Å². The number of nitrogens with one attached hydrogen (secondary N) is 1. The zero-order chi connectivity index (χ0) is 10.6. The maximum absolute atomic E-state index is 9.56. The number of benzene rings is 1. The fraction of sp³-hybridized carbons (Fsp3) is 0.200. The van der Waals surface area contributed by atoms with Crippen LogP contribution in [0.3, 0.4) is 0 Å². The summed E-state index contributed by atoms with van der Waals surface area (Å²) in [5, 5.41) is 13.3. The smallest absolute Gasteiger partial charge is 0.141 e. The third-order valence-corrected chi connectivity index (χ3v) is 2.18. The van der Waals surface area contributed by atoms with Crippen molar-refractivity contribution in [2.45, 2.75) is 0 Å². The van der Waals surface area contributed by atoms with Gasteiger partial charge >= 0.3 is 0 Å². The Morgan fingerprint density at radius 3 is 2.79 bits per heavy atom. The maximum Gasteiger partial charge on any atom is 0.141 e. The molecule has 1 rings (SSSR count). The molecule has 0 saturated heterocycles. The van der Waals surface area contributed by atoms with Crippen molar-refractivity contribution in [1.29, 1.82) is 0 Å². The predicted octanol–water partition coefficient (Wildman–Crippen LogP) is 2.93. The van der Waals surface area contributed by atoms with Crippen LogP contribution in [0.25, 0.3) is 6.08 Å². The van der Waals surface area contributed by atoms with Crippen molar-refractivity contribution in [3.63, 3.8) is 0 Å². The largest absolute Gasteiger partial charge is 0.506 e. The van der Waals surface area contributed by atoms with Gasteiger partial charge in [0.25, 0.3) is 0 Å². The monoisotopic (exact) mass is 231 g/mol. The van der Waals surface area contributed by atoms with Gasteiger partial charge in [-0.2, -0.15) is 0 Å². The zero-order valence-electron chi connectivity index (χ0n) is 7.72. The van der Waals surface area contributed by atoms with Crippen molar-refractivity contribution in [1.82, 2.24) is 5.32 Å². The molecule has 0 aliphatic rings. The van der Waals surface area contributed by atoms with E-state index in [-0.39, 0.29) is 10.8 Å². The van der Waals surface area contributed by atoms with Crippen LogP contribution in [0.15, 0.2) is 18.2 Å². The van der Waals surface area contributed by atoms with E-state index in [0.717, 1.165) is 6.54 Å². The van der Waals surface area contributed by atoms with Gasteiger partial charge in [-0.25, -0.2) is 0 Å². The Morgan fingerprint density at radius 1 is 1.43 bits per heavy atom. The number of rotatable bonds is 3. The average Bonchev–Trinajstić information content (AvgIpc) is 2.13. The first-order chi connectivity index (χ1) is 6.65. The van der Waals surface area contributed by atoms with Crippen LogP contribution in [-0.4, -0.2) is 18.7 Å². The number of hydrogen-bond acceptors (Lipinski definition) is 2. The van der Waals surface area contributed by atoms with Crippen LogP contribution in [0, 0.1) is 0 Å². The molecule has 0 bridgehead atoms. The summed E-state index contributed by atoms with van der Waals surface area (Å²) >= 11 is 11.5. The number of phenolic OH excluding ortho intramolecular Hbond substituents is 1. The molecule has 0 amide bonds. The van der Waals surface area contributed by atoms with E-state index in [4.69, 9.17) is 23.2 Å². The molecule has 0 spiro atoms. The highest BCUT2D eigenvalue weighted by Gasteiger charge is 2.04. The van der Waals surface area contributed by atoms with E-state index in [1.807, 2.05) is 13.1 Å². The minimum atomic E-state index is 0.0587. The van der Waals surface area contributed by atoms with Gasteiger partial charge in [-0.3, -0.25) is 0 Å². The Morgan fingerprint density at radius 2 is 2.14 bits per heavy atom. The molecule has 0 radical (unpaired) electrons. The van der Waals surface area contributed by atoms with E-state index in [2.05, 4.69) is 5.32 Å². The molecule has 0 aliphatic carbocycles. The second-order valence-corrected chi connectivity index (χ2v) is 3.63. The van der Waals surface area contributed by atoms with Gasteiger partial charge in [-0.15, -0.1) is 0 Å². The summed E-state index contributed by atoms with van der Waals surface area (Å²) in [6.45, 7) is 0.726. The SMILES string of the molecule is CNCC=Cc1cc(Cl)cc(Cl)c1O. The summed E-state index contributed by atoms with van der Waals surface area (Å²) in [6.07, 6.45) is 3.64. The second-order valence-electron chi connectivity index (χ2n) is 2.79. The molecular formula is C10H11Cl2NO. The minimum absolute atomic E-state index is 0.0587. The van der Waals surface area contributed by atoms with Crippen LogP contribution in [0.1, 0.15) is 5.56 Å². The van der Waals surface area contributed by atoms with Crippen molar-refractivity contribution in [3.05, 3.63) is 33.8 Å². The Labute approximate surface area is 93.2 Å². The highest BCUT2D eigenvalue weighted by molar-refractivity contribution is 6.35. The Hall–Kier alpha value is -0.700. The van der Waals surface area contributed by atoms with E-state index in [1.54, 1.807) is 12.1 Å². The third-order valence-electron chi connectivity index (χ3n) is 1.68. The minimum Gasteiger partial charge on any atom is -0.506 e. The highest BCUT2D eigenvalue weighted by Crippen LogP contribution is 2.31. The lowest BCUT2D eigenvalue weighted by Crippen LogP contribution is -2.03. The molecule has 0 saturated carbocycles. The molecule has 0 fully saturated rings. The quantitative estimate of drug-likeness (QED) is 0.839. The molecule has 2 nitrogen and oxygen atoms in total. The molecule has 0 atom stereocenters. The Balaban J connectivity index is 2.96. The van der Waals surface area contributed by atoms with Gasteiger partial charge in [0.2, 0.25) is 0 Å². The van der Waals surface area contributed by atoms with Gasteiger partial charge in [0.1, 0.15) is 5.75 Å². The summed E-state index contributed by atoms with van der Waals surface area (Å²) in [5.41, 5.74) is 0.623. The fourth-order valence-corrected chi connectivity index (χ4v) is 1.53. The summed E-state index contributed by atoms with van der Waals surface area (Å²) in [5.74, 6) is 0.0587. The first-order valence-electron chi connectivity index (χ1n) is 4.14. The number of aromatic hydroxyl groups is 1. The van der Waals surface area contributed by atoms with Crippen molar-refractivity contribution < 1.29 is 5.11 Å². The molecule has 0 unspecified atom stereocenters. The lowest BCUT2D eigenvalue weighted by atomic mass is 10.2. The summed E-state index contributed by atoms with van der Waals surface area (Å²) in [6, 6.07) is 3.17. The predicted molar refractivity (Wildman–Crippen MR) is 61.1 cm³/mol. The third kappa shape index (κ3) is 2.91. The standard InChI is InChI=1S/C10H11Cl2NO/c1-13-4-2-3-7-5-8(11)6-9(12)10(7)14/h2-3,5-6,13-14H,4H2,1H3. The van der Waals surface area contributed by atoms with E-state index in [0.29, 0.717) is 10.6 Å². The molecule has 2 N–H and O–H groups in total. The lowest BCUT2D eigenvalue weighted by Gasteiger charge is -2.02. The first-order valence-corrected chi connectivity index (χ1v) is 4.90. The number of phenols is 1. The van der Waals surface area contributed by atoms with E-state index >= 15 is 0 Å². The van der Waals surface area contributed by atoms with Gasteiger partial charge in [0.15, 0.2) is 0 Å². The molecule has 0 heterocycles. The van der Waals surface area contributed by atoms with Crippen LogP contribution >= 0.6 is 23.2 Å². The molecule has 14 heavy (non-hydrogen) atoms. The molecular weight excluding hydrogens is 221 g/mol. The van der Waals surface area contributed by atoms with Gasteiger partial charge in [0, 0.05) is 17.1 Å². The van der Waals surface area contributed by atoms with Crippen LogP contribution < -0.4 is 5.32 Å². The van der Waals surface area contributed by atoms with E-state index in [1.165, 1.54) is 6.07 Å². The second kappa shape index (κ2) is 5.25. The normalized spacial score (nSPS) is 11.1. The van der Waals surface area contributed by atoms with E-state index < -0.39 is 0 Å². The highest BCUT2D eigenvalue weighted by atomic mass is 35.5. The lowest BCUT2D eigenvalue weighted by molar-refractivity contribution is 0.474. The van der Waals surface area contributed by atoms with Gasteiger partial charge in [0.05, 0.1) is 5.02 Å². The average molecular weight is 232 g/mol. The summed E-state index contributed by atoms with van der Waals surface area (Å²) in [7, 11) is 1.84. The van der Waals surface area contributed by atoms with Crippen LogP contribution in [0.5, 0.6) is 5.75 Å². The number of hydrogen-bond donors (Lipinski definition) is 2. The van der Waals surface area contributed by atoms with Crippen LogP contribution in [0.2, 0.25) is 10.0 Å². The molecule has 76 valence electrons. The zero-order valence-corrected chi connectivity index (χ0v) is 9.23. The Kier molecular flexibility index (Phi) is 4.26. The summed E-state index contributed by atoms with van der Waals surface area (Å²) in [4.78, 5) is 0. The molecule has 1 aromatic rings. The molecule has 0 aromatic heterocycles.